The molecule has 3 aromatic rings. The molecule has 7 heteroatoms. The van der Waals surface area contributed by atoms with Crippen LogP contribution in [0.25, 0.3) is 11.0 Å². The minimum absolute atomic E-state index is 0.0651. The maximum Gasteiger partial charge on any atom is 0.318 e. The molecule has 0 spiro atoms. The summed E-state index contributed by atoms with van der Waals surface area (Å²) in [4.78, 5) is 22.4. The Balaban J connectivity index is 1.47. The molecule has 2 amide bonds. The Morgan fingerprint density at radius 2 is 2.20 bits per heavy atom. The Morgan fingerprint density at radius 3 is 3.04 bits per heavy atom. The van der Waals surface area contributed by atoms with Crippen molar-refractivity contribution in [3.8, 4) is 0 Å². The van der Waals surface area contributed by atoms with Gasteiger partial charge in [0, 0.05) is 24.8 Å². The number of H-pyrrole nitrogens is 1. The van der Waals surface area contributed by atoms with Gasteiger partial charge in [-0.3, -0.25) is 4.68 Å². The number of carbonyl (C=O) groups excluding carboxylic acids is 1. The number of aromatic nitrogens is 4. The van der Waals surface area contributed by atoms with Crippen LogP contribution in [0.3, 0.4) is 0 Å². The van der Waals surface area contributed by atoms with E-state index in [2.05, 4.69) is 20.4 Å². The summed E-state index contributed by atoms with van der Waals surface area (Å²) in [6.45, 7) is 3.29. The van der Waals surface area contributed by atoms with Crippen LogP contribution in [0, 0.1) is 0 Å². The number of carbonyl (C=O) groups is 1. The van der Waals surface area contributed by atoms with Crippen LogP contribution in [0.2, 0.25) is 0 Å². The number of nitrogens with zero attached hydrogens (tertiary/aromatic N) is 4. The monoisotopic (exact) mass is 338 g/mol. The molecule has 7 nitrogen and oxygen atoms in total. The summed E-state index contributed by atoms with van der Waals surface area (Å²) in [5.74, 6) is 0.770. The maximum absolute atomic E-state index is 12.7. The van der Waals surface area contributed by atoms with Crippen molar-refractivity contribution in [2.24, 2.45) is 7.05 Å². The molecule has 0 unspecified atom stereocenters. The Labute approximate surface area is 146 Å². The first-order valence-corrected chi connectivity index (χ1v) is 8.61. The molecule has 0 saturated heterocycles. The second kappa shape index (κ2) is 6.23. The number of hydrogen-bond donors (Lipinski definition) is 2. The molecule has 4 rings (SSSR count). The van der Waals surface area contributed by atoms with Gasteiger partial charge in [0.05, 0.1) is 29.8 Å². The van der Waals surface area contributed by atoms with E-state index in [0.29, 0.717) is 6.54 Å². The van der Waals surface area contributed by atoms with Crippen molar-refractivity contribution in [1.82, 2.24) is 30.0 Å². The number of imidazole rings is 1. The number of nitrogens with one attached hydrogen (secondary N) is 2. The van der Waals surface area contributed by atoms with Gasteiger partial charge in [-0.2, -0.15) is 5.10 Å². The molecule has 1 aromatic carbocycles. The Bertz CT molecular complexity index is 878. The van der Waals surface area contributed by atoms with Crippen molar-refractivity contribution >= 4 is 17.1 Å². The number of aromatic amines is 1. The van der Waals surface area contributed by atoms with Crippen molar-refractivity contribution in [1.29, 1.82) is 0 Å². The molecule has 130 valence electrons. The zero-order valence-corrected chi connectivity index (χ0v) is 14.5. The molecule has 0 saturated carbocycles. The number of benzene rings is 1. The second-order valence-electron chi connectivity index (χ2n) is 6.58. The normalized spacial score (nSPS) is 15.7. The highest BCUT2D eigenvalue weighted by Crippen LogP contribution is 2.19. The third-order valence-electron chi connectivity index (χ3n) is 4.80. The van der Waals surface area contributed by atoms with E-state index in [1.807, 2.05) is 54.0 Å². The molecule has 1 aliphatic heterocycles. The molecule has 2 aromatic heterocycles. The lowest BCUT2D eigenvalue weighted by Gasteiger charge is -2.23. The summed E-state index contributed by atoms with van der Waals surface area (Å²) >= 11 is 0. The number of amides is 2. The lowest BCUT2D eigenvalue weighted by atomic mass is 10.2. The number of rotatable bonds is 2. The van der Waals surface area contributed by atoms with E-state index >= 15 is 0 Å². The van der Waals surface area contributed by atoms with E-state index in [1.54, 1.807) is 0 Å². The van der Waals surface area contributed by atoms with Gasteiger partial charge in [-0.25, -0.2) is 9.78 Å². The molecule has 25 heavy (non-hydrogen) atoms. The van der Waals surface area contributed by atoms with Gasteiger partial charge >= 0.3 is 6.03 Å². The highest BCUT2D eigenvalue weighted by Gasteiger charge is 2.23. The van der Waals surface area contributed by atoms with E-state index in [9.17, 15) is 4.79 Å². The van der Waals surface area contributed by atoms with Crippen molar-refractivity contribution in [3.63, 3.8) is 0 Å². The van der Waals surface area contributed by atoms with Crippen LogP contribution in [-0.2, 0) is 20.0 Å². The number of hydrogen-bond acceptors (Lipinski definition) is 3. The zero-order chi connectivity index (χ0) is 17.4. The van der Waals surface area contributed by atoms with Crippen LogP contribution in [0.5, 0.6) is 0 Å². The molecule has 1 atom stereocenters. The molecule has 2 N–H and O–H groups in total. The van der Waals surface area contributed by atoms with Crippen LogP contribution in [-0.4, -0.2) is 37.2 Å². The van der Waals surface area contributed by atoms with Gasteiger partial charge in [-0.15, -0.1) is 0 Å². The van der Waals surface area contributed by atoms with Gasteiger partial charge in [0.25, 0.3) is 0 Å². The Hall–Kier alpha value is -2.83. The van der Waals surface area contributed by atoms with Crippen LogP contribution in [0.15, 0.2) is 30.5 Å². The van der Waals surface area contributed by atoms with E-state index in [-0.39, 0.29) is 12.1 Å². The van der Waals surface area contributed by atoms with Crippen molar-refractivity contribution in [2.45, 2.75) is 32.4 Å². The SMILES string of the molecule is C[C@H](NC(=O)N1CCCc2c(cnn2C)C1)c1nc2ccccc2[nH]1. The highest BCUT2D eigenvalue weighted by molar-refractivity contribution is 5.76. The topological polar surface area (TPSA) is 78.8 Å². The van der Waals surface area contributed by atoms with Gasteiger partial charge in [-0.1, -0.05) is 12.1 Å². The molecule has 1 aliphatic rings. The van der Waals surface area contributed by atoms with Crippen LogP contribution < -0.4 is 5.32 Å². The van der Waals surface area contributed by atoms with Crippen molar-refractivity contribution in [3.05, 3.63) is 47.5 Å². The minimum Gasteiger partial charge on any atom is -0.340 e. The van der Waals surface area contributed by atoms with Crippen molar-refractivity contribution in [2.75, 3.05) is 6.54 Å². The molecular weight excluding hydrogens is 316 g/mol. The van der Waals surface area contributed by atoms with E-state index in [1.165, 1.54) is 5.69 Å². The summed E-state index contributed by atoms with van der Waals surface area (Å²) < 4.78 is 1.91. The molecule has 0 radical (unpaired) electrons. The smallest absolute Gasteiger partial charge is 0.318 e. The highest BCUT2D eigenvalue weighted by atomic mass is 16.2. The zero-order valence-electron chi connectivity index (χ0n) is 14.5. The summed E-state index contributed by atoms with van der Waals surface area (Å²) in [5.41, 5.74) is 4.24. The Morgan fingerprint density at radius 1 is 1.36 bits per heavy atom. The van der Waals surface area contributed by atoms with Gasteiger partial charge in [-0.05, 0) is 31.9 Å². The van der Waals surface area contributed by atoms with Gasteiger partial charge in [0.15, 0.2) is 0 Å². The van der Waals surface area contributed by atoms with Crippen molar-refractivity contribution < 1.29 is 4.79 Å². The largest absolute Gasteiger partial charge is 0.340 e. The lowest BCUT2D eigenvalue weighted by Crippen LogP contribution is -2.41. The summed E-state index contributed by atoms with van der Waals surface area (Å²) in [7, 11) is 1.96. The number of fused-ring (bicyclic) bond motifs is 2. The summed E-state index contributed by atoms with van der Waals surface area (Å²) in [6, 6.07) is 7.62. The fourth-order valence-corrected chi connectivity index (χ4v) is 3.38. The maximum atomic E-state index is 12.7. The lowest BCUT2D eigenvalue weighted by molar-refractivity contribution is 0.192. The van der Waals surface area contributed by atoms with Crippen LogP contribution >= 0.6 is 0 Å². The van der Waals surface area contributed by atoms with Gasteiger partial charge < -0.3 is 15.2 Å². The first kappa shape index (κ1) is 15.7. The first-order valence-electron chi connectivity index (χ1n) is 8.61. The molecule has 3 heterocycles. The van der Waals surface area contributed by atoms with Gasteiger partial charge in [0.1, 0.15) is 5.82 Å². The quantitative estimate of drug-likeness (QED) is 0.753. The predicted octanol–water partition coefficient (Wildman–Crippen LogP) is 2.52. The van der Waals surface area contributed by atoms with E-state index < -0.39 is 0 Å². The second-order valence-corrected chi connectivity index (χ2v) is 6.58. The Kier molecular flexibility index (Phi) is 3.91. The molecular formula is C18H22N6O. The molecule has 0 fully saturated rings. The third-order valence-corrected chi connectivity index (χ3v) is 4.80. The van der Waals surface area contributed by atoms with Crippen LogP contribution in [0.1, 0.15) is 36.5 Å². The average Bonchev–Trinajstić information content (AvgIpc) is 3.11. The third kappa shape index (κ3) is 2.97. The minimum atomic E-state index is -0.184. The van der Waals surface area contributed by atoms with Crippen LogP contribution in [0.4, 0.5) is 4.79 Å². The average molecular weight is 338 g/mol. The summed E-state index contributed by atoms with van der Waals surface area (Å²) in [6.07, 6.45) is 3.76. The first-order chi connectivity index (χ1) is 12.1. The summed E-state index contributed by atoms with van der Waals surface area (Å²) in [5, 5.41) is 7.37. The fourth-order valence-electron chi connectivity index (χ4n) is 3.38. The number of urea groups is 1. The number of para-hydroxylation sites is 2. The number of aryl methyl sites for hydroxylation is 1. The van der Waals surface area contributed by atoms with E-state index in [4.69, 9.17) is 0 Å². The van der Waals surface area contributed by atoms with E-state index in [0.717, 1.165) is 41.8 Å². The fraction of sp³-hybridized carbons (Fsp3) is 0.389. The molecule has 0 bridgehead atoms. The van der Waals surface area contributed by atoms with Gasteiger partial charge in [0.2, 0.25) is 0 Å². The predicted molar refractivity (Wildman–Crippen MR) is 95.0 cm³/mol. The standard InChI is InChI=1S/C18H22N6O/c1-12(17-21-14-6-3-4-7-15(14)22-17)20-18(25)24-9-5-8-16-13(11-24)10-19-23(16)2/h3-4,6-7,10,12H,5,8-9,11H2,1-2H3,(H,20,25)(H,21,22)/t12-/m0/s1. The molecule has 0 aliphatic carbocycles.